The molecule has 182 valence electrons. The topological polar surface area (TPSA) is 68.5 Å². The standard InChI is InChI=1S/C32H25NO4/c1-35-31-13-6-5-12-30(31)27(22-33)20-26-10-7-11-29(21-26)37-32(34)19-16-24-14-17-28(18-15-24)36-23-25-8-3-2-4-9-25/h2-21H,23H2,1H3/b19-16+,27-20-. The van der Waals surface area contributed by atoms with Gasteiger partial charge in [-0.15, -0.1) is 0 Å². The van der Waals surface area contributed by atoms with Crippen molar-refractivity contribution >= 4 is 23.7 Å². The Morgan fingerprint density at radius 1 is 0.838 bits per heavy atom. The van der Waals surface area contributed by atoms with Gasteiger partial charge in [-0.25, -0.2) is 4.79 Å². The van der Waals surface area contributed by atoms with Gasteiger partial charge in [-0.3, -0.25) is 0 Å². The van der Waals surface area contributed by atoms with Crippen LogP contribution in [0.5, 0.6) is 17.2 Å². The molecule has 0 aliphatic heterocycles. The number of nitrogens with zero attached hydrogens (tertiary/aromatic N) is 1. The minimum atomic E-state index is -0.504. The predicted octanol–water partition coefficient (Wildman–Crippen LogP) is 6.96. The smallest absolute Gasteiger partial charge is 0.336 e. The van der Waals surface area contributed by atoms with Gasteiger partial charge in [-0.05, 0) is 65.2 Å². The molecule has 37 heavy (non-hydrogen) atoms. The number of esters is 1. The monoisotopic (exact) mass is 487 g/mol. The molecule has 0 unspecified atom stereocenters. The molecule has 5 heteroatoms. The number of carbonyl (C=O) groups excluding carboxylic acids is 1. The van der Waals surface area contributed by atoms with Gasteiger partial charge in [0.2, 0.25) is 0 Å². The molecule has 0 saturated heterocycles. The van der Waals surface area contributed by atoms with Crippen LogP contribution in [-0.4, -0.2) is 13.1 Å². The van der Waals surface area contributed by atoms with Crippen LogP contribution in [0.2, 0.25) is 0 Å². The first-order chi connectivity index (χ1) is 18.1. The van der Waals surface area contributed by atoms with Crippen LogP contribution >= 0.6 is 0 Å². The zero-order valence-electron chi connectivity index (χ0n) is 20.3. The van der Waals surface area contributed by atoms with Crippen molar-refractivity contribution in [3.63, 3.8) is 0 Å². The van der Waals surface area contributed by atoms with Crippen molar-refractivity contribution in [1.29, 1.82) is 5.26 Å². The molecule has 0 atom stereocenters. The van der Waals surface area contributed by atoms with Crippen LogP contribution in [0.1, 0.15) is 22.3 Å². The molecule has 0 heterocycles. The van der Waals surface area contributed by atoms with E-state index in [-0.39, 0.29) is 0 Å². The second kappa shape index (κ2) is 12.6. The summed E-state index contributed by atoms with van der Waals surface area (Å²) in [6.45, 7) is 0.491. The highest BCUT2D eigenvalue weighted by molar-refractivity contribution is 5.92. The Morgan fingerprint density at radius 2 is 1.59 bits per heavy atom. The summed E-state index contributed by atoms with van der Waals surface area (Å²) in [5.74, 6) is 1.23. The Labute approximate surface area is 216 Å². The quantitative estimate of drug-likeness (QED) is 0.0839. The molecule has 0 saturated carbocycles. The highest BCUT2D eigenvalue weighted by Crippen LogP contribution is 2.27. The number of para-hydroxylation sites is 1. The molecule has 0 aliphatic rings. The molecule has 0 N–H and O–H groups in total. The van der Waals surface area contributed by atoms with E-state index in [9.17, 15) is 10.1 Å². The minimum Gasteiger partial charge on any atom is -0.496 e. The summed E-state index contributed by atoms with van der Waals surface area (Å²) in [5.41, 5.74) is 3.79. The van der Waals surface area contributed by atoms with Gasteiger partial charge in [0.15, 0.2) is 0 Å². The fourth-order valence-corrected chi connectivity index (χ4v) is 3.60. The lowest BCUT2D eigenvalue weighted by Crippen LogP contribution is -2.03. The van der Waals surface area contributed by atoms with Gasteiger partial charge in [0, 0.05) is 11.6 Å². The number of benzene rings is 4. The summed E-state index contributed by atoms with van der Waals surface area (Å²) >= 11 is 0. The number of carbonyl (C=O) groups is 1. The fourth-order valence-electron chi connectivity index (χ4n) is 3.60. The van der Waals surface area contributed by atoms with Crippen molar-refractivity contribution < 1.29 is 19.0 Å². The zero-order valence-corrected chi connectivity index (χ0v) is 20.3. The summed E-state index contributed by atoms with van der Waals surface area (Å²) in [6, 6.07) is 33.9. The van der Waals surface area contributed by atoms with Crippen LogP contribution in [0.3, 0.4) is 0 Å². The van der Waals surface area contributed by atoms with Gasteiger partial charge >= 0.3 is 5.97 Å². The van der Waals surface area contributed by atoms with E-state index in [1.54, 1.807) is 43.5 Å². The van der Waals surface area contributed by atoms with Crippen LogP contribution in [0, 0.1) is 11.3 Å². The van der Waals surface area contributed by atoms with Gasteiger partial charge in [-0.2, -0.15) is 5.26 Å². The highest BCUT2D eigenvalue weighted by Gasteiger charge is 2.08. The van der Waals surface area contributed by atoms with Crippen LogP contribution < -0.4 is 14.2 Å². The Kier molecular flexibility index (Phi) is 8.50. The van der Waals surface area contributed by atoms with Gasteiger partial charge in [0.05, 0.1) is 18.8 Å². The molecule has 0 amide bonds. The number of methoxy groups -OCH3 is 1. The summed E-state index contributed by atoms with van der Waals surface area (Å²) in [4.78, 5) is 12.4. The summed E-state index contributed by atoms with van der Waals surface area (Å²) in [5, 5.41) is 9.68. The maximum Gasteiger partial charge on any atom is 0.336 e. The molecule has 0 spiro atoms. The lowest BCUT2D eigenvalue weighted by Gasteiger charge is -2.07. The third-order valence-corrected chi connectivity index (χ3v) is 5.45. The van der Waals surface area contributed by atoms with Crippen LogP contribution in [0.15, 0.2) is 109 Å². The average Bonchev–Trinajstić information content (AvgIpc) is 2.95. The van der Waals surface area contributed by atoms with Crippen molar-refractivity contribution in [2.75, 3.05) is 7.11 Å². The molecule has 0 bridgehead atoms. The predicted molar refractivity (Wildman–Crippen MR) is 145 cm³/mol. The van der Waals surface area contributed by atoms with E-state index in [0.29, 0.717) is 29.2 Å². The Balaban J connectivity index is 1.37. The first-order valence-electron chi connectivity index (χ1n) is 11.7. The summed E-state index contributed by atoms with van der Waals surface area (Å²) in [6.07, 6.45) is 4.78. The zero-order chi connectivity index (χ0) is 25.9. The SMILES string of the molecule is COc1ccccc1/C(C#N)=C\c1cccc(OC(=O)/C=C/c2ccc(OCc3ccccc3)cc2)c1. The normalized spacial score (nSPS) is 11.1. The largest absolute Gasteiger partial charge is 0.496 e. The third kappa shape index (κ3) is 7.20. The lowest BCUT2D eigenvalue weighted by molar-refractivity contribution is -0.128. The molecular formula is C32H25NO4. The van der Waals surface area contributed by atoms with Gasteiger partial charge in [0.25, 0.3) is 0 Å². The number of hydrogen-bond acceptors (Lipinski definition) is 5. The van der Waals surface area contributed by atoms with Crippen LogP contribution in [0.25, 0.3) is 17.7 Å². The number of ether oxygens (including phenoxy) is 3. The van der Waals surface area contributed by atoms with Crippen molar-refractivity contribution in [2.45, 2.75) is 6.61 Å². The maximum absolute atomic E-state index is 12.4. The second-order valence-corrected chi connectivity index (χ2v) is 8.04. The number of hydrogen-bond donors (Lipinski definition) is 0. The van der Waals surface area contributed by atoms with Gasteiger partial charge in [0.1, 0.15) is 23.9 Å². The van der Waals surface area contributed by atoms with Crippen molar-refractivity contribution in [1.82, 2.24) is 0 Å². The molecule has 4 aromatic rings. The van der Waals surface area contributed by atoms with Gasteiger partial charge < -0.3 is 14.2 Å². The maximum atomic E-state index is 12.4. The van der Waals surface area contributed by atoms with E-state index in [4.69, 9.17) is 14.2 Å². The summed E-state index contributed by atoms with van der Waals surface area (Å²) < 4.78 is 16.6. The fraction of sp³-hybridized carbons (Fsp3) is 0.0625. The number of allylic oxidation sites excluding steroid dienone is 1. The molecular weight excluding hydrogens is 462 g/mol. The first kappa shape index (κ1) is 25.0. The Morgan fingerprint density at radius 3 is 2.35 bits per heavy atom. The number of nitriles is 1. The van der Waals surface area contributed by atoms with Crippen molar-refractivity contribution in [3.8, 4) is 23.3 Å². The summed E-state index contributed by atoms with van der Waals surface area (Å²) in [7, 11) is 1.57. The number of rotatable bonds is 9. The van der Waals surface area contributed by atoms with Crippen LogP contribution in [0.4, 0.5) is 0 Å². The molecule has 0 radical (unpaired) electrons. The third-order valence-electron chi connectivity index (χ3n) is 5.45. The van der Waals surface area contributed by atoms with E-state index in [0.717, 1.165) is 22.4 Å². The lowest BCUT2D eigenvalue weighted by atomic mass is 10.0. The average molecular weight is 488 g/mol. The molecule has 4 aromatic carbocycles. The van der Waals surface area contributed by atoms with E-state index in [2.05, 4.69) is 6.07 Å². The first-order valence-corrected chi connectivity index (χ1v) is 11.7. The molecule has 0 aromatic heterocycles. The van der Waals surface area contributed by atoms with Crippen molar-refractivity contribution in [2.24, 2.45) is 0 Å². The highest BCUT2D eigenvalue weighted by atomic mass is 16.5. The van der Waals surface area contributed by atoms with E-state index in [1.165, 1.54) is 6.08 Å². The van der Waals surface area contributed by atoms with E-state index in [1.807, 2.05) is 78.9 Å². The molecule has 0 aliphatic carbocycles. The van der Waals surface area contributed by atoms with Crippen LogP contribution in [-0.2, 0) is 11.4 Å². The molecule has 4 rings (SSSR count). The Hall–Kier alpha value is -5.08. The minimum absolute atomic E-state index is 0.380. The molecule has 0 fully saturated rings. The second-order valence-electron chi connectivity index (χ2n) is 8.04. The Bertz CT molecular complexity index is 1450. The van der Waals surface area contributed by atoms with E-state index < -0.39 is 5.97 Å². The molecule has 5 nitrogen and oxygen atoms in total. The van der Waals surface area contributed by atoms with Gasteiger partial charge in [-0.1, -0.05) is 66.7 Å². The van der Waals surface area contributed by atoms with E-state index >= 15 is 0 Å². The van der Waals surface area contributed by atoms with Crippen molar-refractivity contribution in [3.05, 3.63) is 131 Å².